The fraction of sp³-hybridized carbons (Fsp3) is 0.261. The molecule has 1 aromatic carbocycles. The summed E-state index contributed by atoms with van der Waals surface area (Å²) >= 11 is 0. The number of anilines is 1. The molecule has 0 radical (unpaired) electrons. The zero-order chi connectivity index (χ0) is 22.1. The first-order valence-corrected chi connectivity index (χ1v) is 10.4. The summed E-state index contributed by atoms with van der Waals surface area (Å²) in [5.74, 6) is 1.48. The van der Waals surface area contributed by atoms with Crippen molar-refractivity contribution >= 4 is 5.95 Å². The molecule has 0 N–H and O–H groups in total. The van der Waals surface area contributed by atoms with Gasteiger partial charge in [0.05, 0.1) is 24.5 Å². The number of morpholine rings is 1. The van der Waals surface area contributed by atoms with Crippen LogP contribution in [0.2, 0.25) is 0 Å². The Hall–Kier alpha value is -3.85. The third kappa shape index (κ3) is 3.67. The summed E-state index contributed by atoms with van der Waals surface area (Å²) in [7, 11) is 3.71. The Morgan fingerprint density at radius 2 is 1.94 bits per heavy atom. The number of hydrogen-bond acceptors (Lipinski definition) is 7. The number of rotatable bonds is 4. The molecule has 0 amide bonds. The SMILES string of the molecule is Cn1ccnc1-c1ccccc1C1CN(c2nc(-c3ccncn3)cc(=O)n2C)CCO1. The molecule has 162 valence electrons. The van der Waals surface area contributed by atoms with Crippen LogP contribution >= 0.6 is 0 Å². The van der Waals surface area contributed by atoms with E-state index in [1.165, 1.54) is 12.4 Å². The van der Waals surface area contributed by atoms with Crippen molar-refractivity contribution in [1.82, 2.24) is 29.1 Å². The first-order chi connectivity index (χ1) is 15.6. The van der Waals surface area contributed by atoms with Gasteiger partial charge >= 0.3 is 0 Å². The van der Waals surface area contributed by atoms with Crippen LogP contribution in [0.3, 0.4) is 0 Å². The van der Waals surface area contributed by atoms with Crippen molar-refractivity contribution in [2.24, 2.45) is 14.1 Å². The van der Waals surface area contributed by atoms with Crippen LogP contribution in [0.5, 0.6) is 0 Å². The molecule has 1 aliphatic heterocycles. The molecule has 4 heterocycles. The highest BCUT2D eigenvalue weighted by Gasteiger charge is 2.27. The molecule has 9 heteroatoms. The highest BCUT2D eigenvalue weighted by Crippen LogP contribution is 2.32. The number of benzene rings is 1. The second-order valence-electron chi connectivity index (χ2n) is 7.69. The first-order valence-electron chi connectivity index (χ1n) is 10.4. The molecule has 0 spiro atoms. The van der Waals surface area contributed by atoms with Gasteiger partial charge in [0.1, 0.15) is 18.3 Å². The lowest BCUT2D eigenvalue weighted by molar-refractivity contribution is 0.0393. The van der Waals surface area contributed by atoms with Crippen molar-refractivity contribution in [2.45, 2.75) is 6.10 Å². The van der Waals surface area contributed by atoms with E-state index in [-0.39, 0.29) is 11.7 Å². The van der Waals surface area contributed by atoms with Crippen LogP contribution in [-0.2, 0) is 18.8 Å². The van der Waals surface area contributed by atoms with Gasteiger partial charge in [-0.25, -0.2) is 19.9 Å². The Labute approximate surface area is 185 Å². The molecular weight excluding hydrogens is 406 g/mol. The molecule has 1 fully saturated rings. The van der Waals surface area contributed by atoms with Crippen molar-refractivity contribution in [1.29, 1.82) is 0 Å². The minimum Gasteiger partial charge on any atom is -0.370 e. The molecule has 9 nitrogen and oxygen atoms in total. The van der Waals surface area contributed by atoms with Crippen molar-refractivity contribution in [2.75, 3.05) is 24.6 Å². The van der Waals surface area contributed by atoms with E-state index in [9.17, 15) is 4.79 Å². The monoisotopic (exact) mass is 429 g/mol. The van der Waals surface area contributed by atoms with E-state index in [0.29, 0.717) is 37.0 Å². The van der Waals surface area contributed by atoms with Gasteiger partial charge in [0, 0.05) is 50.9 Å². The van der Waals surface area contributed by atoms with Gasteiger partial charge in [-0.3, -0.25) is 9.36 Å². The number of aryl methyl sites for hydroxylation is 1. The van der Waals surface area contributed by atoms with E-state index < -0.39 is 0 Å². The summed E-state index contributed by atoms with van der Waals surface area (Å²) in [5, 5.41) is 0. The predicted octanol–water partition coefficient (Wildman–Crippen LogP) is 2.22. The fourth-order valence-corrected chi connectivity index (χ4v) is 4.01. The van der Waals surface area contributed by atoms with Crippen molar-refractivity contribution in [3.8, 4) is 22.8 Å². The Morgan fingerprint density at radius 1 is 1.06 bits per heavy atom. The van der Waals surface area contributed by atoms with E-state index >= 15 is 0 Å². The molecule has 3 aromatic heterocycles. The van der Waals surface area contributed by atoms with E-state index in [0.717, 1.165) is 17.0 Å². The molecule has 0 saturated carbocycles. The molecule has 4 aromatic rings. The summed E-state index contributed by atoms with van der Waals surface area (Å²) in [4.78, 5) is 32.2. The Balaban J connectivity index is 1.51. The third-order valence-electron chi connectivity index (χ3n) is 5.67. The van der Waals surface area contributed by atoms with Gasteiger partial charge in [0.15, 0.2) is 0 Å². The van der Waals surface area contributed by atoms with Crippen LogP contribution < -0.4 is 10.5 Å². The summed E-state index contributed by atoms with van der Waals surface area (Å²) in [6.07, 6.45) is 6.63. The highest BCUT2D eigenvalue weighted by molar-refractivity contribution is 5.62. The second-order valence-corrected chi connectivity index (χ2v) is 7.69. The minimum atomic E-state index is -0.184. The molecule has 1 aliphatic rings. The number of nitrogens with zero attached hydrogens (tertiary/aromatic N) is 7. The van der Waals surface area contributed by atoms with E-state index in [1.54, 1.807) is 30.1 Å². The third-order valence-corrected chi connectivity index (χ3v) is 5.67. The molecular formula is C23H23N7O2. The lowest BCUT2D eigenvalue weighted by Gasteiger charge is -2.35. The largest absolute Gasteiger partial charge is 0.370 e. The smallest absolute Gasteiger partial charge is 0.255 e. The Bertz CT molecular complexity index is 1300. The van der Waals surface area contributed by atoms with Crippen molar-refractivity contribution < 1.29 is 4.74 Å². The van der Waals surface area contributed by atoms with Crippen molar-refractivity contribution in [3.63, 3.8) is 0 Å². The lowest BCUT2D eigenvalue weighted by Crippen LogP contribution is -2.42. The average molecular weight is 429 g/mol. The quantitative estimate of drug-likeness (QED) is 0.491. The normalized spacial score (nSPS) is 16.3. The van der Waals surface area contributed by atoms with Gasteiger partial charge in [-0.2, -0.15) is 0 Å². The van der Waals surface area contributed by atoms with Gasteiger partial charge in [0.25, 0.3) is 5.56 Å². The molecule has 0 bridgehead atoms. The summed E-state index contributed by atoms with van der Waals surface area (Å²) in [6.45, 7) is 1.72. The van der Waals surface area contributed by atoms with E-state index in [2.05, 4.69) is 32.0 Å². The number of hydrogen-bond donors (Lipinski definition) is 0. The molecule has 32 heavy (non-hydrogen) atoms. The number of aromatic nitrogens is 6. The predicted molar refractivity (Wildman–Crippen MR) is 120 cm³/mol. The van der Waals surface area contributed by atoms with Crippen LogP contribution in [0, 0.1) is 0 Å². The topological polar surface area (TPSA) is 91.0 Å². The maximum Gasteiger partial charge on any atom is 0.255 e. The summed E-state index contributed by atoms with van der Waals surface area (Å²) < 4.78 is 9.73. The van der Waals surface area contributed by atoms with Crippen molar-refractivity contribution in [3.05, 3.63) is 77.2 Å². The summed E-state index contributed by atoms with van der Waals surface area (Å²) in [5.41, 5.74) is 3.10. The first kappa shape index (κ1) is 20.1. The van der Waals surface area contributed by atoms with Crippen LogP contribution in [0.4, 0.5) is 5.95 Å². The van der Waals surface area contributed by atoms with Gasteiger partial charge in [-0.1, -0.05) is 24.3 Å². The van der Waals surface area contributed by atoms with E-state index in [4.69, 9.17) is 9.72 Å². The number of imidazole rings is 1. The molecule has 0 aliphatic carbocycles. The Kier molecular flexibility index (Phi) is 5.24. The molecule has 1 unspecified atom stereocenters. The Morgan fingerprint density at radius 3 is 2.72 bits per heavy atom. The zero-order valence-electron chi connectivity index (χ0n) is 17.9. The molecule has 1 atom stereocenters. The molecule has 5 rings (SSSR count). The van der Waals surface area contributed by atoms with Gasteiger partial charge in [-0.15, -0.1) is 0 Å². The van der Waals surface area contributed by atoms with Gasteiger partial charge < -0.3 is 14.2 Å². The fourth-order valence-electron chi connectivity index (χ4n) is 4.01. The average Bonchev–Trinajstić information content (AvgIpc) is 3.27. The minimum absolute atomic E-state index is 0.139. The van der Waals surface area contributed by atoms with Crippen LogP contribution in [0.25, 0.3) is 22.8 Å². The van der Waals surface area contributed by atoms with Crippen LogP contribution in [0.1, 0.15) is 11.7 Å². The van der Waals surface area contributed by atoms with Gasteiger partial charge in [0.2, 0.25) is 5.95 Å². The van der Waals surface area contributed by atoms with Crippen LogP contribution in [0.15, 0.2) is 66.1 Å². The zero-order valence-corrected chi connectivity index (χ0v) is 17.9. The maximum absolute atomic E-state index is 12.7. The van der Waals surface area contributed by atoms with Gasteiger partial charge in [-0.05, 0) is 11.6 Å². The maximum atomic E-state index is 12.7. The standard InChI is InChI=1S/C23H23N7O2/c1-28-10-9-25-22(28)17-6-4-3-5-16(17)20-14-30(11-12-32-20)23-27-19(13-21(31)29(23)2)18-7-8-24-15-26-18/h3-10,13,15,20H,11-12,14H2,1-2H3. The second kappa shape index (κ2) is 8.35. The molecule has 1 saturated heterocycles. The highest BCUT2D eigenvalue weighted by atomic mass is 16.5. The summed E-state index contributed by atoms with van der Waals surface area (Å²) in [6, 6.07) is 11.4. The van der Waals surface area contributed by atoms with E-state index in [1.807, 2.05) is 29.9 Å². The lowest BCUT2D eigenvalue weighted by atomic mass is 10.0. The number of ether oxygens (including phenoxy) is 1. The van der Waals surface area contributed by atoms with Crippen LogP contribution in [-0.4, -0.2) is 48.8 Å².